The third-order valence-electron chi connectivity index (χ3n) is 3.30. The van der Waals surface area contributed by atoms with Crippen molar-refractivity contribution in [3.05, 3.63) is 0 Å². The molecule has 20 heavy (non-hydrogen) atoms. The van der Waals surface area contributed by atoms with E-state index >= 15 is 0 Å². The Bertz CT molecular complexity index is 305. The molecule has 1 aliphatic carbocycles. The standard InChI is InChI=1S/C13H24N2O5/c1-19-11(12(16)17)9-15-13(18)14-7-8-20-10-5-3-2-4-6-10/h10-11H,2-9H2,1H3,(H,16,17)(H2,14,15,18). The maximum Gasteiger partial charge on any atom is 0.334 e. The Labute approximate surface area is 119 Å². The number of aliphatic carboxylic acids is 1. The van der Waals surface area contributed by atoms with Gasteiger partial charge in [-0.15, -0.1) is 0 Å². The Morgan fingerprint density at radius 1 is 1.25 bits per heavy atom. The van der Waals surface area contributed by atoms with Crippen LogP contribution in [0.15, 0.2) is 0 Å². The third-order valence-corrected chi connectivity index (χ3v) is 3.30. The summed E-state index contributed by atoms with van der Waals surface area (Å²) in [6, 6.07) is -0.416. The summed E-state index contributed by atoms with van der Waals surface area (Å²) in [6.45, 7) is 0.818. The molecule has 116 valence electrons. The van der Waals surface area contributed by atoms with Crippen LogP contribution in [0.3, 0.4) is 0 Å². The van der Waals surface area contributed by atoms with Crippen molar-refractivity contribution in [2.75, 3.05) is 26.8 Å². The van der Waals surface area contributed by atoms with Crippen molar-refractivity contribution < 1.29 is 24.2 Å². The highest BCUT2D eigenvalue weighted by atomic mass is 16.5. The molecule has 1 rings (SSSR count). The molecule has 1 unspecified atom stereocenters. The molecule has 0 aromatic carbocycles. The van der Waals surface area contributed by atoms with Crippen LogP contribution in [0.25, 0.3) is 0 Å². The smallest absolute Gasteiger partial charge is 0.334 e. The van der Waals surface area contributed by atoms with E-state index in [2.05, 4.69) is 10.6 Å². The van der Waals surface area contributed by atoms with Gasteiger partial charge in [-0.1, -0.05) is 19.3 Å². The molecule has 1 atom stereocenters. The summed E-state index contributed by atoms with van der Waals surface area (Å²) in [5.41, 5.74) is 0. The second kappa shape index (κ2) is 9.55. The highest BCUT2D eigenvalue weighted by Gasteiger charge is 2.17. The van der Waals surface area contributed by atoms with Gasteiger partial charge in [0.2, 0.25) is 0 Å². The maximum absolute atomic E-state index is 11.4. The lowest BCUT2D eigenvalue weighted by Gasteiger charge is -2.22. The molecular formula is C13H24N2O5. The Morgan fingerprint density at radius 2 is 1.95 bits per heavy atom. The molecule has 0 saturated heterocycles. The zero-order chi connectivity index (χ0) is 14.8. The fraction of sp³-hybridized carbons (Fsp3) is 0.846. The number of carbonyl (C=O) groups excluding carboxylic acids is 1. The van der Waals surface area contributed by atoms with Gasteiger partial charge in [0.1, 0.15) is 0 Å². The van der Waals surface area contributed by atoms with Gasteiger partial charge in [-0.25, -0.2) is 9.59 Å². The molecule has 0 spiro atoms. The predicted molar refractivity (Wildman–Crippen MR) is 72.7 cm³/mol. The van der Waals surface area contributed by atoms with E-state index in [4.69, 9.17) is 14.6 Å². The van der Waals surface area contributed by atoms with Gasteiger partial charge in [0.25, 0.3) is 0 Å². The quantitative estimate of drug-likeness (QED) is 0.572. The first-order valence-corrected chi connectivity index (χ1v) is 7.02. The first-order valence-electron chi connectivity index (χ1n) is 7.02. The van der Waals surface area contributed by atoms with Crippen molar-refractivity contribution in [1.29, 1.82) is 0 Å². The van der Waals surface area contributed by atoms with Crippen LogP contribution in [0.5, 0.6) is 0 Å². The minimum atomic E-state index is -1.10. The van der Waals surface area contributed by atoms with Crippen molar-refractivity contribution in [2.24, 2.45) is 0 Å². The van der Waals surface area contributed by atoms with Gasteiger partial charge in [0.15, 0.2) is 6.10 Å². The van der Waals surface area contributed by atoms with E-state index < -0.39 is 18.1 Å². The van der Waals surface area contributed by atoms with E-state index in [0.29, 0.717) is 19.3 Å². The maximum atomic E-state index is 11.4. The molecule has 2 amide bonds. The van der Waals surface area contributed by atoms with Crippen LogP contribution in [-0.2, 0) is 14.3 Å². The van der Waals surface area contributed by atoms with E-state index in [1.165, 1.54) is 26.4 Å². The summed E-state index contributed by atoms with van der Waals surface area (Å²) >= 11 is 0. The predicted octanol–water partition coefficient (Wildman–Crippen LogP) is 0.735. The van der Waals surface area contributed by atoms with Gasteiger partial charge in [-0.05, 0) is 12.8 Å². The summed E-state index contributed by atoms with van der Waals surface area (Å²) in [4.78, 5) is 22.1. The van der Waals surface area contributed by atoms with Crippen molar-refractivity contribution in [3.8, 4) is 0 Å². The van der Waals surface area contributed by atoms with Gasteiger partial charge in [0, 0.05) is 13.7 Å². The zero-order valence-corrected chi connectivity index (χ0v) is 11.9. The molecule has 0 aromatic rings. The molecule has 0 radical (unpaired) electrons. The van der Waals surface area contributed by atoms with Crippen molar-refractivity contribution in [2.45, 2.75) is 44.3 Å². The largest absolute Gasteiger partial charge is 0.479 e. The Hall–Kier alpha value is -1.34. The van der Waals surface area contributed by atoms with Crippen molar-refractivity contribution in [3.63, 3.8) is 0 Å². The van der Waals surface area contributed by atoms with Crippen molar-refractivity contribution in [1.82, 2.24) is 10.6 Å². The van der Waals surface area contributed by atoms with Gasteiger partial charge in [0.05, 0.1) is 19.3 Å². The van der Waals surface area contributed by atoms with E-state index in [9.17, 15) is 9.59 Å². The Morgan fingerprint density at radius 3 is 2.55 bits per heavy atom. The minimum absolute atomic E-state index is 0.0683. The average Bonchev–Trinajstić information content (AvgIpc) is 2.45. The number of hydrogen-bond donors (Lipinski definition) is 3. The van der Waals surface area contributed by atoms with Gasteiger partial charge >= 0.3 is 12.0 Å². The Balaban J connectivity index is 2.03. The fourth-order valence-corrected chi connectivity index (χ4v) is 2.14. The normalized spacial score (nSPS) is 17.4. The molecule has 7 nitrogen and oxygen atoms in total. The van der Waals surface area contributed by atoms with Crippen LogP contribution >= 0.6 is 0 Å². The summed E-state index contributed by atoms with van der Waals surface area (Å²) < 4.78 is 10.4. The molecule has 7 heteroatoms. The van der Waals surface area contributed by atoms with E-state index in [0.717, 1.165) is 12.8 Å². The third kappa shape index (κ3) is 6.72. The summed E-state index contributed by atoms with van der Waals surface area (Å²) in [7, 11) is 1.29. The fourth-order valence-electron chi connectivity index (χ4n) is 2.14. The first kappa shape index (κ1) is 16.7. The number of methoxy groups -OCH3 is 1. The highest BCUT2D eigenvalue weighted by molar-refractivity contribution is 5.76. The molecule has 1 fully saturated rings. The molecule has 0 bridgehead atoms. The second-order valence-electron chi connectivity index (χ2n) is 4.83. The van der Waals surface area contributed by atoms with Gasteiger partial charge < -0.3 is 25.2 Å². The number of amides is 2. The molecular weight excluding hydrogens is 264 g/mol. The highest BCUT2D eigenvalue weighted by Crippen LogP contribution is 2.19. The van der Waals surface area contributed by atoms with Crippen molar-refractivity contribution >= 4 is 12.0 Å². The van der Waals surface area contributed by atoms with Gasteiger partial charge in [-0.2, -0.15) is 0 Å². The second-order valence-corrected chi connectivity index (χ2v) is 4.83. The van der Waals surface area contributed by atoms with E-state index in [-0.39, 0.29) is 6.54 Å². The summed E-state index contributed by atoms with van der Waals surface area (Å²) in [6.07, 6.45) is 5.20. The zero-order valence-electron chi connectivity index (χ0n) is 11.9. The number of carbonyl (C=O) groups is 2. The van der Waals surface area contributed by atoms with Crippen LogP contribution < -0.4 is 10.6 Å². The number of hydrogen-bond acceptors (Lipinski definition) is 4. The topological polar surface area (TPSA) is 96.9 Å². The van der Waals surface area contributed by atoms with Crippen LogP contribution in [0.1, 0.15) is 32.1 Å². The van der Waals surface area contributed by atoms with Crippen LogP contribution in [0, 0.1) is 0 Å². The van der Waals surface area contributed by atoms with Crippen LogP contribution in [-0.4, -0.2) is 56.1 Å². The van der Waals surface area contributed by atoms with Crippen LogP contribution in [0.4, 0.5) is 4.79 Å². The van der Waals surface area contributed by atoms with E-state index in [1.807, 2.05) is 0 Å². The Kier molecular flexibility index (Phi) is 7.98. The molecule has 3 N–H and O–H groups in total. The molecule has 0 aromatic heterocycles. The number of ether oxygens (including phenoxy) is 2. The minimum Gasteiger partial charge on any atom is -0.479 e. The lowest BCUT2D eigenvalue weighted by molar-refractivity contribution is -0.147. The molecule has 0 heterocycles. The molecule has 1 aliphatic rings. The number of urea groups is 1. The lowest BCUT2D eigenvalue weighted by atomic mass is 9.98. The first-order chi connectivity index (χ1) is 9.63. The number of carboxylic acid groups (broad SMARTS) is 1. The molecule has 1 saturated carbocycles. The van der Waals surface area contributed by atoms with Crippen LogP contribution in [0.2, 0.25) is 0 Å². The lowest BCUT2D eigenvalue weighted by Crippen LogP contribution is -2.43. The summed E-state index contributed by atoms with van der Waals surface area (Å²) in [5.74, 6) is -1.10. The number of nitrogens with one attached hydrogen (secondary N) is 2. The SMILES string of the molecule is COC(CNC(=O)NCCOC1CCCCC1)C(=O)O. The summed E-state index contributed by atoms with van der Waals surface area (Å²) in [5, 5.41) is 13.8. The average molecular weight is 288 g/mol. The van der Waals surface area contributed by atoms with Gasteiger partial charge in [-0.3, -0.25) is 0 Å². The number of rotatable bonds is 8. The van der Waals surface area contributed by atoms with E-state index in [1.54, 1.807) is 0 Å². The molecule has 0 aliphatic heterocycles. The monoisotopic (exact) mass is 288 g/mol. The number of carboxylic acids is 1.